The highest BCUT2D eigenvalue weighted by Crippen LogP contribution is 2.59. The summed E-state index contributed by atoms with van der Waals surface area (Å²) in [6.45, 7) is 3.76. The first kappa shape index (κ1) is 13.4. The van der Waals surface area contributed by atoms with Gasteiger partial charge in [-0.2, -0.15) is 0 Å². The van der Waals surface area contributed by atoms with Crippen molar-refractivity contribution >= 4 is 11.9 Å². The Morgan fingerprint density at radius 2 is 1.67 bits per heavy atom. The Balaban J connectivity index is 2.01. The molecule has 0 heterocycles. The van der Waals surface area contributed by atoms with Crippen molar-refractivity contribution in [2.24, 2.45) is 17.3 Å². The van der Waals surface area contributed by atoms with Gasteiger partial charge >= 0.3 is 5.97 Å². The lowest BCUT2D eigenvalue weighted by atomic mass is 9.94. The first-order valence-corrected chi connectivity index (χ1v) is 6.87. The zero-order valence-corrected chi connectivity index (χ0v) is 11.5. The number of nitrogens with zero attached hydrogens (tertiary/aromatic N) is 1. The average Bonchev–Trinajstić information content (AvgIpc) is 2.92. The van der Waals surface area contributed by atoms with Crippen LogP contribution in [0.2, 0.25) is 0 Å². The first-order valence-electron chi connectivity index (χ1n) is 6.87. The van der Waals surface area contributed by atoms with Gasteiger partial charge in [-0.25, -0.2) is 0 Å². The van der Waals surface area contributed by atoms with Crippen LogP contribution in [-0.4, -0.2) is 35.0 Å². The van der Waals surface area contributed by atoms with Gasteiger partial charge in [-0.1, -0.05) is 33.1 Å². The average molecular weight is 253 g/mol. The lowest BCUT2D eigenvalue weighted by molar-refractivity contribution is -0.142. The van der Waals surface area contributed by atoms with Crippen molar-refractivity contribution in [3.05, 3.63) is 0 Å². The van der Waals surface area contributed by atoms with E-state index in [4.69, 9.17) is 5.11 Å². The van der Waals surface area contributed by atoms with Crippen molar-refractivity contribution in [1.29, 1.82) is 0 Å². The third-order valence-corrected chi connectivity index (χ3v) is 4.83. The molecular formula is C14H23NO3. The molecule has 2 fully saturated rings. The minimum Gasteiger partial charge on any atom is -0.481 e. The van der Waals surface area contributed by atoms with Crippen molar-refractivity contribution in [2.75, 3.05) is 7.05 Å². The van der Waals surface area contributed by atoms with E-state index < -0.39 is 11.9 Å². The number of hydrogen-bond acceptors (Lipinski definition) is 2. The molecule has 4 heteroatoms. The van der Waals surface area contributed by atoms with Crippen LogP contribution in [0.1, 0.15) is 46.0 Å². The molecule has 0 aromatic carbocycles. The van der Waals surface area contributed by atoms with Crippen LogP contribution in [0.15, 0.2) is 0 Å². The van der Waals surface area contributed by atoms with Crippen LogP contribution in [-0.2, 0) is 9.59 Å². The minimum absolute atomic E-state index is 0.0271. The topological polar surface area (TPSA) is 57.6 Å². The molecule has 4 nitrogen and oxygen atoms in total. The van der Waals surface area contributed by atoms with Crippen LogP contribution in [0.25, 0.3) is 0 Å². The van der Waals surface area contributed by atoms with Crippen molar-refractivity contribution < 1.29 is 14.7 Å². The van der Waals surface area contributed by atoms with Gasteiger partial charge in [-0.15, -0.1) is 0 Å². The van der Waals surface area contributed by atoms with Gasteiger partial charge in [-0.3, -0.25) is 9.59 Å². The summed E-state index contributed by atoms with van der Waals surface area (Å²) in [6.07, 6.45) is 5.74. The van der Waals surface area contributed by atoms with Crippen LogP contribution in [0.5, 0.6) is 0 Å². The lowest BCUT2D eigenvalue weighted by Gasteiger charge is -2.31. The standard InChI is InChI=1S/C14H23NO3/c1-14(2)10(11(14)13(17)18)12(16)15(3)9-7-5-4-6-8-9/h9-11H,4-8H2,1-3H3,(H,17,18). The number of rotatable bonds is 3. The van der Waals surface area contributed by atoms with Crippen molar-refractivity contribution in [1.82, 2.24) is 4.90 Å². The molecule has 2 saturated carbocycles. The van der Waals surface area contributed by atoms with E-state index in [1.54, 1.807) is 0 Å². The quantitative estimate of drug-likeness (QED) is 0.838. The summed E-state index contributed by atoms with van der Waals surface area (Å²) in [6, 6.07) is 0.317. The van der Waals surface area contributed by atoms with E-state index in [9.17, 15) is 9.59 Å². The molecule has 1 amide bonds. The molecule has 0 spiro atoms. The van der Waals surface area contributed by atoms with Gasteiger partial charge in [-0.05, 0) is 18.3 Å². The third kappa shape index (κ3) is 2.13. The molecule has 2 aliphatic carbocycles. The van der Waals surface area contributed by atoms with Gasteiger partial charge in [0, 0.05) is 13.1 Å². The Bertz CT molecular complexity index is 358. The summed E-state index contributed by atoms with van der Waals surface area (Å²) in [4.78, 5) is 25.3. The molecule has 1 N–H and O–H groups in total. The molecule has 0 aromatic heterocycles. The van der Waals surface area contributed by atoms with E-state index in [0.717, 1.165) is 12.8 Å². The Morgan fingerprint density at radius 3 is 2.11 bits per heavy atom. The van der Waals surface area contributed by atoms with Crippen LogP contribution in [0.3, 0.4) is 0 Å². The zero-order valence-electron chi connectivity index (χ0n) is 11.5. The fourth-order valence-corrected chi connectivity index (χ4v) is 3.43. The van der Waals surface area contributed by atoms with Crippen LogP contribution < -0.4 is 0 Å². The summed E-state index contributed by atoms with van der Waals surface area (Å²) in [7, 11) is 1.84. The molecule has 0 saturated heterocycles. The highest BCUT2D eigenvalue weighted by molar-refractivity contribution is 5.91. The van der Waals surface area contributed by atoms with Crippen molar-refractivity contribution in [3.8, 4) is 0 Å². The Hall–Kier alpha value is -1.06. The molecule has 0 aromatic rings. The smallest absolute Gasteiger partial charge is 0.307 e. The monoisotopic (exact) mass is 253 g/mol. The molecular weight excluding hydrogens is 230 g/mol. The third-order valence-electron chi connectivity index (χ3n) is 4.83. The second-order valence-corrected chi connectivity index (χ2v) is 6.36. The molecule has 102 valence electrons. The summed E-state index contributed by atoms with van der Waals surface area (Å²) < 4.78 is 0. The molecule has 2 atom stereocenters. The fourth-order valence-electron chi connectivity index (χ4n) is 3.43. The largest absolute Gasteiger partial charge is 0.481 e. The van der Waals surface area contributed by atoms with Crippen LogP contribution in [0.4, 0.5) is 0 Å². The maximum atomic E-state index is 12.4. The summed E-state index contributed by atoms with van der Waals surface area (Å²) in [5.41, 5.74) is -0.383. The maximum absolute atomic E-state index is 12.4. The molecule has 2 rings (SSSR count). The van der Waals surface area contributed by atoms with Crippen LogP contribution in [0, 0.1) is 17.3 Å². The van der Waals surface area contributed by atoms with E-state index >= 15 is 0 Å². The predicted molar refractivity (Wildman–Crippen MR) is 68.0 cm³/mol. The molecule has 0 aliphatic heterocycles. The maximum Gasteiger partial charge on any atom is 0.307 e. The molecule has 18 heavy (non-hydrogen) atoms. The summed E-state index contributed by atoms with van der Waals surface area (Å²) in [5.74, 6) is -1.65. The Morgan fingerprint density at radius 1 is 1.11 bits per heavy atom. The highest BCUT2D eigenvalue weighted by Gasteiger charge is 2.66. The molecule has 2 unspecified atom stereocenters. The normalized spacial score (nSPS) is 30.8. The van der Waals surface area contributed by atoms with Crippen molar-refractivity contribution in [2.45, 2.75) is 52.0 Å². The number of aliphatic carboxylic acids is 1. The van der Waals surface area contributed by atoms with Gasteiger partial charge in [0.25, 0.3) is 0 Å². The Kier molecular flexibility index (Phi) is 3.39. The summed E-state index contributed by atoms with van der Waals surface area (Å²) in [5, 5.41) is 9.13. The van der Waals surface area contributed by atoms with E-state index in [2.05, 4.69) is 0 Å². The number of carbonyl (C=O) groups is 2. The zero-order chi connectivity index (χ0) is 13.5. The highest BCUT2D eigenvalue weighted by atomic mass is 16.4. The second-order valence-electron chi connectivity index (χ2n) is 6.36. The SMILES string of the molecule is CN(C(=O)C1C(C(=O)O)C1(C)C)C1CCCCC1. The molecule has 2 aliphatic rings. The number of carbonyl (C=O) groups excluding carboxylic acids is 1. The van der Waals surface area contributed by atoms with E-state index in [1.165, 1.54) is 19.3 Å². The molecule has 0 radical (unpaired) electrons. The van der Waals surface area contributed by atoms with Gasteiger partial charge < -0.3 is 10.0 Å². The number of amides is 1. The first-order chi connectivity index (χ1) is 8.37. The van der Waals surface area contributed by atoms with E-state index in [-0.39, 0.29) is 17.2 Å². The van der Waals surface area contributed by atoms with E-state index in [0.29, 0.717) is 6.04 Å². The van der Waals surface area contributed by atoms with Gasteiger partial charge in [0.15, 0.2) is 0 Å². The molecule has 0 bridgehead atoms. The van der Waals surface area contributed by atoms with E-state index in [1.807, 2.05) is 25.8 Å². The minimum atomic E-state index is -0.838. The summed E-state index contributed by atoms with van der Waals surface area (Å²) >= 11 is 0. The number of hydrogen-bond donors (Lipinski definition) is 1. The van der Waals surface area contributed by atoms with Gasteiger partial charge in [0.05, 0.1) is 11.8 Å². The van der Waals surface area contributed by atoms with Crippen molar-refractivity contribution in [3.63, 3.8) is 0 Å². The van der Waals surface area contributed by atoms with Crippen LogP contribution >= 0.6 is 0 Å². The van der Waals surface area contributed by atoms with Gasteiger partial charge in [0.2, 0.25) is 5.91 Å². The lowest BCUT2D eigenvalue weighted by Crippen LogP contribution is -2.40. The van der Waals surface area contributed by atoms with Gasteiger partial charge in [0.1, 0.15) is 0 Å². The predicted octanol–water partition coefficient (Wildman–Crippen LogP) is 2.13. The number of carboxylic acid groups (broad SMARTS) is 1. The Labute approximate surface area is 108 Å². The number of carboxylic acids is 1. The fraction of sp³-hybridized carbons (Fsp3) is 0.857. The second kappa shape index (κ2) is 4.56.